The van der Waals surface area contributed by atoms with Crippen molar-refractivity contribution in [3.05, 3.63) is 64.7 Å². The zero-order chi connectivity index (χ0) is 13.4. The number of benzene rings is 1. The Morgan fingerprint density at radius 1 is 1.21 bits per heavy atom. The van der Waals surface area contributed by atoms with E-state index in [0.717, 1.165) is 0 Å². The Kier molecular flexibility index (Phi) is 2.49. The molecule has 0 fully saturated rings. The standard InChI is InChI=1S/C13H8FN3O2/c14-10-4-5-13-15-12(8-16(13)7-10)9-2-1-3-11(6-9)17(18)19/h1-8H. The third-order valence-electron chi connectivity index (χ3n) is 2.77. The average Bonchev–Trinajstić information content (AvgIpc) is 2.81. The van der Waals surface area contributed by atoms with Crippen LogP contribution in [0.1, 0.15) is 0 Å². The predicted molar refractivity (Wildman–Crippen MR) is 67.2 cm³/mol. The first kappa shape index (κ1) is 11.3. The second kappa shape index (κ2) is 4.16. The minimum atomic E-state index is -0.459. The van der Waals surface area contributed by atoms with E-state index >= 15 is 0 Å². The van der Waals surface area contributed by atoms with Gasteiger partial charge in [0.2, 0.25) is 0 Å². The van der Waals surface area contributed by atoms with Crippen molar-refractivity contribution < 1.29 is 9.31 Å². The van der Waals surface area contributed by atoms with Gasteiger partial charge in [-0.05, 0) is 12.1 Å². The molecule has 3 rings (SSSR count). The Morgan fingerprint density at radius 3 is 2.84 bits per heavy atom. The number of imidazole rings is 1. The van der Waals surface area contributed by atoms with Crippen LogP contribution in [0.4, 0.5) is 10.1 Å². The smallest absolute Gasteiger partial charge is 0.270 e. The Morgan fingerprint density at radius 2 is 2.05 bits per heavy atom. The van der Waals surface area contributed by atoms with Crippen molar-refractivity contribution in [2.75, 3.05) is 0 Å². The Hall–Kier alpha value is -2.76. The summed E-state index contributed by atoms with van der Waals surface area (Å²) in [5, 5.41) is 10.7. The van der Waals surface area contributed by atoms with Crippen molar-refractivity contribution in [3.63, 3.8) is 0 Å². The lowest BCUT2D eigenvalue weighted by Gasteiger charge is -1.95. The molecule has 2 heterocycles. The van der Waals surface area contributed by atoms with Crippen LogP contribution in [-0.4, -0.2) is 14.3 Å². The molecule has 0 aliphatic carbocycles. The van der Waals surface area contributed by atoms with Gasteiger partial charge >= 0.3 is 0 Å². The van der Waals surface area contributed by atoms with Crippen LogP contribution in [0.25, 0.3) is 16.9 Å². The molecule has 0 unspecified atom stereocenters. The van der Waals surface area contributed by atoms with E-state index in [1.165, 1.54) is 24.4 Å². The quantitative estimate of drug-likeness (QED) is 0.523. The highest BCUT2D eigenvalue weighted by Crippen LogP contribution is 2.23. The number of aromatic nitrogens is 2. The summed E-state index contributed by atoms with van der Waals surface area (Å²) in [5.74, 6) is -0.365. The van der Waals surface area contributed by atoms with E-state index in [-0.39, 0.29) is 11.5 Å². The molecule has 0 aliphatic heterocycles. The minimum absolute atomic E-state index is 0.000682. The first-order chi connectivity index (χ1) is 9.13. The van der Waals surface area contributed by atoms with Gasteiger partial charge in [-0.2, -0.15) is 0 Å². The molecule has 0 N–H and O–H groups in total. The number of pyridine rings is 1. The lowest BCUT2D eigenvalue weighted by molar-refractivity contribution is -0.384. The number of rotatable bonds is 2. The third kappa shape index (κ3) is 2.03. The summed E-state index contributed by atoms with van der Waals surface area (Å²) >= 11 is 0. The Labute approximate surface area is 107 Å². The zero-order valence-corrected chi connectivity index (χ0v) is 9.65. The van der Waals surface area contributed by atoms with E-state index in [1.54, 1.807) is 28.8 Å². The van der Waals surface area contributed by atoms with E-state index < -0.39 is 4.92 Å². The maximum Gasteiger partial charge on any atom is 0.270 e. The molecule has 6 heteroatoms. The molecule has 2 aromatic heterocycles. The second-order valence-electron chi connectivity index (χ2n) is 4.05. The van der Waals surface area contributed by atoms with Crippen LogP contribution in [0.5, 0.6) is 0 Å². The lowest BCUT2D eigenvalue weighted by atomic mass is 10.1. The van der Waals surface area contributed by atoms with Gasteiger partial charge in [-0.25, -0.2) is 9.37 Å². The molecule has 3 aromatic rings. The molecule has 0 radical (unpaired) electrons. The topological polar surface area (TPSA) is 60.4 Å². The maximum absolute atomic E-state index is 13.1. The van der Waals surface area contributed by atoms with Crippen molar-refractivity contribution in [1.82, 2.24) is 9.38 Å². The molecule has 0 spiro atoms. The summed E-state index contributed by atoms with van der Waals surface area (Å²) in [4.78, 5) is 14.6. The SMILES string of the molecule is O=[N+]([O-])c1cccc(-c2cn3cc(F)ccc3n2)c1. The summed E-state index contributed by atoms with van der Waals surface area (Å²) in [5.41, 5.74) is 1.77. The van der Waals surface area contributed by atoms with Crippen molar-refractivity contribution in [1.29, 1.82) is 0 Å². The van der Waals surface area contributed by atoms with E-state index in [0.29, 0.717) is 16.9 Å². The van der Waals surface area contributed by atoms with Crippen molar-refractivity contribution in [2.45, 2.75) is 0 Å². The van der Waals surface area contributed by atoms with Gasteiger partial charge in [-0.15, -0.1) is 0 Å². The second-order valence-corrected chi connectivity index (χ2v) is 4.05. The van der Waals surface area contributed by atoms with Crippen LogP contribution in [0.3, 0.4) is 0 Å². The van der Waals surface area contributed by atoms with Crippen LogP contribution in [0, 0.1) is 15.9 Å². The number of non-ortho nitro benzene ring substituents is 1. The monoisotopic (exact) mass is 257 g/mol. The molecule has 0 saturated carbocycles. The number of hydrogen-bond acceptors (Lipinski definition) is 3. The van der Waals surface area contributed by atoms with Gasteiger partial charge in [-0.1, -0.05) is 12.1 Å². The van der Waals surface area contributed by atoms with Crippen LogP contribution >= 0.6 is 0 Å². The van der Waals surface area contributed by atoms with Crippen LogP contribution < -0.4 is 0 Å². The third-order valence-corrected chi connectivity index (χ3v) is 2.77. The normalized spacial score (nSPS) is 10.8. The van der Waals surface area contributed by atoms with E-state index in [9.17, 15) is 14.5 Å². The number of halogens is 1. The highest BCUT2D eigenvalue weighted by molar-refractivity contribution is 5.65. The maximum atomic E-state index is 13.1. The van der Waals surface area contributed by atoms with E-state index in [1.807, 2.05) is 0 Å². The van der Waals surface area contributed by atoms with E-state index in [2.05, 4.69) is 4.98 Å². The molecule has 94 valence electrons. The molecule has 1 aromatic carbocycles. The van der Waals surface area contributed by atoms with Gasteiger partial charge < -0.3 is 4.40 Å². The predicted octanol–water partition coefficient (Wildman–Crippen LogP) is 3.05. The number of nitro benzene ring substituents is 1. The Bertz CT molecular complexity index is 782. The molecule has 0 saturated heterocycles. The van der Waals surface area contributed by atoms with Crippen molar-refractivity contribution >= 4 is 11.3 Å². The first-order valence-electron chi connectivity index (χ1n) is 5.52. The van der Waals surface area contributed by atoms with Crippen molar-refractivity contribution in [2.24, 2.45) is 0 Å². The number of nitrogens with zero attached hydrogens (tertiary/aromatic N) is 3. The Balaban J connectivity index is 2.13. The van der Waals surface area contributed by atoms with Gasteiger partial charge in [0.05, 0.1) is 10.6 Å². The molecule has 19 heavy (non-hydrogen) atoms. The lowest BCUT2D eigenvalue weighted by Crippen LogP contribution is -1.87. The minimum Gasteiger partial charge on any atom is -0.304 e. The summed E-state index contributed by atoms with van der Waals surface area (Å²) in [6, 6.07) is 9.05. The fraction of sp³-hybridized carbons (Fsp3) is 0. The highest BCUT2D eigenvalue weighted by atomic mass is 19.1. The van der Waals surface area contributed by atoms with Crippen molar-refractivity contribution in [3.8, 4) is 11.3 Å². The first-order valence-corrected chi connectivity index (χ1v) is 5.52. The number of nitro groups is 1. The van der Waals surface area contributed by atoms with Gasteiger partial charge in [0, 0.05) is 30.1 Å². The van der Waals surface area contributed by atoms with Crippen LogP contribution in [0.15, 0.2) is 48.8 Å². The highest BCUT2D eigenvalue weighted by Gasteiger charge is 2.10. The molecule has 0 aliphatic rings. The summed E-state index contributed by atoms with van der Waals surface area (Å²) in [6.07, 6.45) is 2.95. The molecule has 0 atom stereocenters. The molecule has 0 amide bonds. The molecular weight excluding hydrogens is 249 g/mol. The van der Waals surface area contributed by atoms with E-state index in [4.69, 9.17) is 0 Å². The largest absolute Gasteiger partial charge is 0.304 e. The molecule has 5 nitrogen and oxygen atoms in total. The molecular formula is C13H8FN3O2. The van der Waals surface area contributed by atoms with Gasteiger partial charge in [0.1, 0.15) is 11.5 Å². The number of fused-ring (bicyclic) bond motifs is 1. The van der Waals surface area contributed by atoms with Crippen LogP contribution in [-0.2, 0) is 0 Å². The van der Waals surface area contributed by atoms with Gasteiger partial charge in [-0.3, -0.25) is 10.1 Å². The summed E-state index contributed by atoms with van der Waals surface area (Å²) in [6.45, 7) is 0. The summed E-state index contributed by atoms with van der Waals surface area (Å²) in [7, 11) is 0. The average molecular weight is 257 g/mol. The fourth-order valence-electron chi connectivity index (χ4n) is 1.88. The number of hydrogen-bond donors (Lipinski definition) is 0. The molecule has 0 bridgehead atoms. The van der Waals surface area contributed by atoms with Crippen LogP contribution in [0.2, 0.25) is 0 Å². The zero-order valence-electron chi connectivity index (χ0n) is 9.65. The van der Waals surface area contributed by atoms with Gasteiger partial charge in [0.15, 0.2) is 0 Å². The van der Waals surface area contributed by atoms with Gasteiger partial charge in [0.25, 0.3) is 5.69 Å². The fourth-order valence-corrected chi connectivity index (χ4v) is 1.88. The summed E-state index contributed by atoms with van der Waals surface area (Å²) < 4.78 is 14.6.